The number of ether oxygens (including phenoxy) is 1. The first-order chi connectivity index (χ1) is 28.1. The Morgan fingerprint density at radius 2 is 1.52 bits per heavy atom. The number of benzene rings is 2. The summed E-state index contributed by atoms with van der Waals surface area (Å²) in [6.07, 6.45) is 12.8. The van der Waals surface area contributed by atoms with Crippen molar-refractivity contribution in [3.8, 4) is 0 Å². The molecule has 5 saturated heterocycles. The Morgan fingerprint density at radius 1 is 0.793 bits per heavy atom. The SMILES string of the molecule is COC(=O)N[C@H]1CCC[C@@H]1[C@](CN1CCC1)(c1cccc(F)c1)C1CCN(CC2CN(c3ccc(C(F)(F)C4CN(C(=O)/C=C/CN5CCCCC5)C4)cc3)C2)CC1. The topological polar surface area (TPSA) is 71.6 Å². The molecule has 2 amide bonds. The lowest BCUT2D eigenvalue weighted by Crippen LogP contribution is -2.60. The van der Waals surface area contributed by atoms with E-state index in [0.29, 0.717) is 11.8 Å². The third-order valence-electron chi connectivity index (χ3n) is 14.6. The summed E-state index contributed by atoms with van der Waals surface area (Å²) in [5.74, 6) is -3.21. The molecule has 0 unspecified atom stereocenters. The second-order valence-corrected chi connectivity index (χ2v) is 18.2. The Labute approximate surface area is 342 Å². The highest BCUT2D eigenvalue weighted by Crippen LogP contribution is 2.52. The molecule has 2 aromatic rings. The molecule has 0 spiro atoms. The minimum atomic E-state index is -2.99. The number of nitrogens with zero attached hydrogens (tertiary/aromatic N) is 5. The Hall–Kier alpha value is -3.61. The van der Waals surface area contributed by atoms with Gasteiger partial charge in [-0.1, -0.05) is 43.2 Å². The number of alkyl halides is 2. The first-order valence-electron chi connectivity index (χ1n) is 22.1. The van der Waals surface area contributed by atoms with E-state index in [2.05, 4.69) is 31.0 Å². The molecule has 1 N–H and O–H groups in total. The summed E-state index contributed by atoms with van der Waals surface area (Å²) < 4.78 is 51.1. The Balaban J connectivity index is 0.836. The van der Waals surface area contributed by atoms with Gasteiger partial charge in [-0.15, -0.1) is 0 Å². The molecule has 2 aromatic carbocycles. The summed E-state index contributed by atoms with van der Waals surface area (Å²) in [5, 5.41) is 3.18. The fraction of sp³-hybridized carbons (Fsp3) is 0.652. The van der Waals surface area contributed by atoms with Gasteiger partial charge < -0.3 is 29.7 Å². The molecule has 0 bridgehead atoms. The van der Waals surface area contributed by atoms with E-state index >= 15 is 13.2 Å². The summed E-state index contributed by atoms with van der Waals surface area (Å²) in [6.45, 7) is 10.7. The molecule has 5 heterocycles. The average molecular weight is 805 g/mol. The number of anilines is 1. The summed E-state index contributed by atoms with van der Waals surface area (Å²) >= 11 is 0. The van der Waals surface area contributed by atoms with Gasteiger partial charge in [0.25, 0.3) is 5.92 Å². The lowest BCUT2D eigenvalue weighted by Gasteiger charge is -2.54. The number of rotatable bonds is 14. The number of carbonyl (C=O) groups excluding carboxylic acids is 2. The number of hydrogen-bond donors (Lipinski definition) is 1. The molecular weight excluding hydrogens is 742 g/mol. The first kappa shape index (κ1) is 41.1. The highest BCUT2D eigenvalue weighted by molar-refractivity contribution is 5.88. The lowest BCUT2D eigenvalue weighted by molar-refractivity contribution is -0.151. The van der Waals surface area contributed by atoms with Gasteiger partial charge in [-0.25, -0.2) is 18.0 Å². The molecule has 5 aliphatic heterocycles. The summed E-state index contributed by atoms with van der Waals surface area (Å²) in [4.78, 5) is 36.3. The van der Waals surface area contributed by atoms with Crippen LogP contribution in [0.1, 0.15) is 68.9 Å². The third-order valence-corrected chi connectivity index (χ3v) is 14.6. The minimum absolute atomic E-state index is 0.0161. The first-order valence-corrected chi connectivity index (χ1v) is 22.1. The van der Waals surface area contributed by atoms with Gasteiger partial charge in [0.2, 0.25) is 5.91 Å². The van der Waals surface area contributed by atoms with Gasteiger partial charge in [0.05, 0.1) is 13.0 Å². The van der Waals surface area contributed by atoms with Crippen LogP contribution in [-0.2, 0) is 20.9 Å². The number of halogens is 3. The summed E-state index contributed by atoms with van der Waals surface area (Å²) in [6, 6.07) is 14.0. The maximum absolute atomic E-state index is 15.5. The molecule has 1 aliphatic carbocycles. The van der Waals surface area contributed by atoms with Crippen molar-refractivity contribution in [1.29, 1.82) is 0 Å². The maximum atomic E-state index is 15.5. The van der Waals surface area contributed by atoms with E-state index in [4.69, 9.17) is 4.74 Å². The summed E-state index contributed by atoms with van der Waals surface area (Å²) in [7, 11) is 1.42. The van der Waals surface area contributed by atoms with Crippen LogP contribution in [0.25, 0.3) is 0 Å². The molecule has 6 aliphatic rings. The van der Waals surface area contributed by atoms with Crippen LogP contribution in [0.2, 0.25) is 0 Å². The standard InChI is InChI=1S/C46H63F3N6O3/c1-58-44(57)50-42-12-6-11-41(42)45(33-53-23-8-24-53,37-9-5-10-39(47)27-37)35-18-25-52(26-19-35)28-34-29-54(30-34)40-16-14-36(15-17-40)46(48,49)38-31-55(32-38)43(56)13-7-22-51-20-3-2-4-21-51/h5,7,9-10,13-17,27,34-35,38,41-42H,2-4,6,8,11-12,18-26,28-33H2,1H3,(H,50,57)/b13-7+/t41-,42-,45-/m0/s1. The number of likely N-dealkylation sites (tertiary alicyclic amines) is 4. The van der Waals surface area contributed by atoms with Crippen LogP contribution < -0.4 is 10.2 Å². The molecule has 1 saturated carbocycles. The average Bonchev–Trinajstić information content (AvgIpc) is 3.64. The van der Waals surface area contributed by atoms with Crippen LogP contribution in [-0.4, -0.2) is 130 Å². The number of amides is 2. The molecule has 58 heavy (non-hydrogen) atoms. The monoisotopic (exact) mass is 804 g/mol. The molecule has 8 rings (SSSR count). The molecule has 0 radical (unpaired) electrons. The molecule has 12 heteroatoms. The van der Waals surface area contributed by atoms with Gasteiger partial charge >= 0.3 is 6.09 Å². The van der Waals surface area contributed by atoms with Gasteiger partial charge in [-0.2, -0.15) is 0 Å². The van der Waals surface area contributed by atoms with Crippen molar-refractivity contribution < 1.29 is 27.5 Å². The van der Waals surface area contributed by atoms with E-state index in [9.17, 15) is 9.59 Å². The van der Waals surface area contributed by atoms with E-state index in [1.807, 2.05) is 24.3 Å². The quantitative estimate of drug-likeness (QED) is 0.213. The highest BCUT2D eigenvalue weighted by Gasteiger charge is 2.53. The fourth-order valence-corrected chi connectivity index (χ4v) is 11.2. The van der Waals surface area contributed by atoms with Crippen LogP contribution in [0.4, 0.5) is 23.7 Å². The van der Waals surface area contributed by atoms with Crippen molar-refractivity contribution in [3.63, 3.8) is 0 Å². The zero-order valence-electron chi connectivity index (χ0n) is 34.3. The zero-order chi connectivity index (χ0) is 40.3. The van der Waals surface area contributed by atoms with Crippen molar-refractivity contribution in [2.24, 2.45) is 23.7 Å². The molecule has 9 nitrogen and oxygen atoms in total. The predicted molar refractivity (Wildman–Crippen MR) is 221 cm³/mol. The number of carbonyl (C=O) groups is 2. The van der Waals surface area contributed by atoms with Crippen LogP contribution in [0.15, 0.2) is 60.7 Å². The number of alkyl carbamates (subject to hydrolysis) is 1. The minimum Gasteiger partial charge on any atom is -0.453 e. The zero-order valence-corrected chi connectivity index (χ0v) is 34.3. The van der Waals surface area contributed by atoms with Crippen molar-refractivity contribution >= 4 is 17.7 Å². The van der Waals surface area contributed by atoms with Gasteiger partial charge in [0, 0.05) is 80.5 Å². The molecular formula is C46H63F3N6O3. The van der Waals surface area contributed by atoms with Crippen LogP contribution >= 0.6 is 0 Å². The predicted octanol–water partition coefficient (Wildman–Crippen LogP) is 6.73. The molecule has 316 valence electrons. The van der Waals surface area contributed by atoms with Crippen molar-refractivity contribution in [2.45, 2.75) is 75.2 Å². The van der Waals surface area contributed by atoms with Crippen molar-refractivity contribution in [3.05, 3.63) is 77.6 Å². The number of hydrogen-bond acceptors (Lipinski definition) is 7. The number of methoxy groups -OCH3 is 1. The third kappa shape index (κ3) is 8.80. The van der Waals surface area contributed by atoms with E-state index in [1.54, 1.807) is 24.3 Å². The largest absolute Gasteiger partial charge is 0.453 e. The second kappa shape index (κ2) is 17.9. The number of piperidine rings is 2. The van der Waals surface area contributed by atoms with Gasteiger partial charge in [-0.3, -0.25) is 9.69 Å². The number of nitrogens with one attached hydrogen (secondary N) is 1. The molecule has 6 fully saturated rings. The fourth-order valence-electron chi connectivity index (χ4n) is 11.2. The van der Waals surface area contributed by atoms with E-state index < -0.39 is 17.9 Å². The van der Waals surface area contributed by atoms with Gasteiger partial charge in [0.15, 0.2) is 0 Å². The van der Waals surface area contributed by atoms with Crippen LogP contribution in [0.5, 0.6) is 0 Å². The van der Waals surface area contributed by atoms with E-state index in [0.717, 1.165) is 115 Å². The van der Waals surface area contributed by atoms with Gasteiger partial charge in [0.1, 0.15) is 5.82 Å². The van der Waals surface area contributed by atoms with Crippen molar-refractivity contribution in [2.75, 3.05) is 97.1 Å². The summed E-state index contributed by atoms with van der Waals surface area (Å²) in [5.41, 5.74) is 1.77. The second-order valence-electron chi connectivity index (χ2n) is 18.2. The smallest absolute Gasteiger partial charge is 0.407 e. The lowest BCUT2D eigenvalue weighted by atomic mass is 9.57. The Kier molecular flexibility index (Phi) is 12.7. The highest BCUT2D eigenvalue weighted by atomic mass is 19.3. The normalized spacial score (nSPS) is 25.6. The van der Waals surface area contributed by atoms with Gasteiger partial charge in [-0.05, 0) is 126 Å². The van der Waals surface area contributed by atoms with Crippen LogP contribution in [0, 0.1) is 29.5 Å². The Morgan fingerprint density at radius 3 is 2.19 bits per heavy atom. The van der Waals surface area contributed by atoms with Crippen LogP contribution in [0.3, 0.4) is 0 Å². The van der Waals surface area contributed by atoms with E-state index in [-0.39, 0.29) is 47.8 Å². The molecule has 3 atom stereocenters. The molecule has 0 aromatic heterocycles. The Bertz CT molecular complexity index is 1730. The maximum Gasteiger partial charge on any atom is 0.407 e. The van der Waals surface area contributed by atoms with E-state index in [1.165, 1.54) is 43.8 Å². The van der Waals surface area contributed by atoms with Crippen molar-refractivity contribution in [1.82, 2.24) is 24.9 Å².